The maximum Gasteiger partial charge on any atom is 0.355 e. The van der Waals surface area contributed by atoms with E-state index in [0.717, 1.165) is 12.1 Å². The van der Waals surface area contributed by atoms with E-state index in [1.165, 1.54) is 6.07 Å². The van der Waals surface area contributed by atoms with Gasteiger partial charge in [0, 0.05) is 17.4 Å². The Morgan fingerprint density at radius 2 is 1.78 bits per heavy atom. The van der Waals surface area contributed by atoms with E-state index in [0.29, 0.717) is 11.3 Å². The van der Waals surface area contributed by atoms with Crippen molar-refractivity contribution in [2.24, 2.45) is 0 Å². The Kier molecular flexibility index (Phi) is 6.27. The molecule has 0 aliphatic carbocycles. The molecule has 0 aliphatic rings. The lowest BCUT2D eigenvalue weighted by Crippen LogP contribution is -2.21. The molecule has 2 rings (SSSR count). The number of rotatable bonds is 6. The fraction of sp³-hybridized carbons (Fsp3) is 0.278. The van der Waals surface area contributed by atoms with E-state index in [1.807, 2.05) is 0 Å². The highest BCUT2D eigenvalue weighted by atomic mass is 19.2. The molecule has 0 fully saturated rings. The fourth-order valence-corrected chi connectivity index (χ4v) is 2.44. The molecule has 2 N–H and O–H groups in total. The number of hydrogen-bond donors (Lipinski definition) is 2. The van der Waals surface area contributed by atoms with Gasteiger partial charge in [-0.3, -0.25) is 4.79 Å². The van der Waals surface area contributed by atoms with Crippen molar-refractivity contribution in [1.29, 1.82) is 0 Å². The van der Waals surface area contributed by atoms with E-state index in [2.05, 4.69) is 10.3 Å². The van der Waals surface area contributed by atoms with E-state index < -0.39 is 36.1 Å². The Balaban J connectivity index is 2.02. The number of benzene rings is 1. The first kappa shape index (κ1) is 20.1. The predicted octanol–water partition coefficient (Wildman–Crippen LogP) is 2.88. The Morgan fingerprint density at radius 3 is 2.41 bits per heavy atom. The minimum Gasteiger partial charge on any atom is -0.461 e. The summed E-state index contributed by atoms with van der Waals surface area (Å²) in [4.78, 5) is 38.7. The molecule has 0 bridgehead atoms. The maximum atomic E-state index is 13.1. The van der Waals surface area contributed by atoms with E-state index >= 15 is 0 Å². The number of H-pyrrole nitrogens is 1. The number of carbonyl (C=O) groups excluding carboxylic acids is 3. The summed E-state index contributed by atoms with van der Waals surface area (Å²) >= 11 is 0. The van der Waals surface area contributed by atoms with Crippen LogP contribution in [-0.4, -0.2) is 36.0 Å². The molecular formula is C18H18F2N2O5. The highest BCUT2D eigenvalue weighted by Gasteiger charge is 2.24. The smallest absolute Gasteiger partial charge is 0.355 e. The summed E-state index contributed by atoms with van der Waals surface area (Å²) in [7, 11) is 0. The summed E-state index contributed by atoms with van der Waals surface area (Å²) in [6.45, 7) is 4.32. The van der Waals surface area contributed by atoms with E-state index in [4.69, 9.17) is 9.47 Å². The van der Waals surface area contributed by atoms with Gasteiger partial charge in [-0.15, -0.1) is 0 Å². The van der Waals surface area contributed by atoms with Gasteiger partial charge in [-0.25, -0.2) is 18.4 Å². The number of aryl methyl sites for hydroxylation is 1. The van der Waals surface area contributed by atoms with Crippen molar-refractivity contribution < 1.29 is 32.6 Å². The van der Waals surface area contributed by atoms with Gasteiger partial charge in [0.15, 0.2) is 18.2 Å². The van der Waals surface area contributed by atoms with Crippen LogP contribution in [0.15, 0.2) is 18.2 Å². The average Bonchev–Trinajstić information content (AvgIpc) is 2.91. The van der Waals surface area contributed by atoms with Crippen LogP contribution in [-0.2, 0) is 14.3 Å². The summed E-state index contributed by atoms with van der Waals surface area (Å²) in [5, 5.41) is 2.28. The second kappa shape index (κ2) is 8.43. The largest absolute Gasteiger partial charge is 0.461 e. The van der Waals surface area contributed by atoms with Crippen molar-refractivity contribution in [3.05, 3.63) is 52.3 Å². The van der Waals surface area contributed by atoms with Crippen molar-refractivity contribution >= 4 is 23.5 Å². The van der Waals surface area contributed by atoms with Gasteiger partial charge in [0.2, 0.25) is 0 Å². The van der Waals surface area contributed by atoms with E-state index in [-0.39, 0.29) is 23.6 Å². The van der Waals surface area contributed by atoms with Gasteiger partial charge in [-0.2, -0.15) is 0 Å². The van der Waals surface area contributed by atoms with Crippen molar-refractivity contribution in [2.75, 3.05) is 18.5 Å². The number of halogens is 2. The van der Waals surface area contributed by atoms with Gasteiger partial charge in [0.1, 0.15) is 5.69 Å². The van der Waals surface area contributed by atoms with Crippen LogP contribution >= 0.6 is 0 Å². The number of esters is 2. The molecular weight excluding hydrogens is 362 g/mol. The highest BCUT2D eigenvalue weighted by Crippen LogP contribution is 2.20. The van der Waals surface area contributed by atoms with Crippen LogP contribution in [0.4, 0.5) is 14.5 Å². The molecule has 0 saturated heterocycles. The van der Waals surface area contributed by atoms with Gasteiger partial charge in [0.25, 0.3) is 5.91 Å². The molecule has 2 aromatic rings. The summed E-state index contributed by atoms with van der Waals surface area (Å²) in [6, 6.07) is 2.84. The Hall–Kier alpha value is -3.23. The molecule has 0 saturated carbocycles. The third kappa shape index (κ3) is 4.69. The molecule has 0 radical (unpaired) electrons. The zero-order valence-electron chi connectivity index (χ0n) is 14.9. The Bertz CT molecular complexity index is 892. The van der Waals surface area contributed by atoms with Gasteiger partial charge in [-0.05, 0) is 38.5 Å². The molecule has 0 unspecified atom stereocenters. The van der Waals surface area contributed by atoms with Crippen LogP contribution in [0, 0.1) is 25.5 Å². The summed E-state index contributed by atoms with van der Waals surface area (Å²) in [6.07, 6.45) is 0. The van der Waals surface area contributed by atoms with Gasteiger partial charge in [-0.1, -0.05) is 0 Å². The molecule has 7 nitrogen and oxygen atoms in total. The first-order valence-electron chi connectivity index (χ1n) is 8.02. The van der Waals surface area contributed by atoms with Crippen molar-refractivity contribution in [2.45, 2.75) is 20.8 Å². The highest BCUT2D eigenvalue weighted by molar-refractivity contribution is 6.00. The normalized spacial score (nSPS) is 10.4. The van der Waals surface area contributed by atoms with Crippen molar-refractivity contribution in [1.82, 2.24) is 4.98 Å². The lowest BCUT2D eigenvalue weighted by Gasteiger charge is -2.07. The number of amides is 1. The number of anilines is 1. The zero-order valence-corrected chi connectivity index (χ0v) is 14.9. The second-order valence-corrected chi connectivity index (χ2v) is 5.60. The molecule has 9 heteroatoms. The number of aromatic amines is 1. The van der Waals surface area contributed by atoms with E-state index in [9.17, 15) is 23.2 Å². The number of ether oxygens (including phenoxy) is 2. The van der Waals surface area contributed by atoms with Crippen LogP contribution in [0.5, 0.6) is 0 Å². The number of nitrogens with one attached hydrogen (secondary N) is 2. The van der Waals surface area contributed by atoms with Gasteiger partial charge >= 0.3 is 11.9 Å². The first-order valence-corrected chi connectivity index (χ1v) is 8.02. The lowest BCUT2D eigenvalue weighted by molar-refractivity contribution is -0.119. The molecule has 1 heterocycles. The molecule has 27 heavy (non-hydrogen) atoms. The molecule has 144 valence electrons. The molecule has 0 atom stereocenters. The summed E-state index contributed by atoms with van der Waals surface area (Å²) in [5.74, 6) is -4.30. The molecule has 1 amide bonds. The lowest BCUT2D eigenvalue weighted by atomic mass is 10.1. The number of hydrogen-bond acceptors (Lipinski definition) is 5. The standard InChI is InChI=1S/C18H18F2N2O5/c1-4-26-18(25)16-9(2)15(10(3)21-16)17(24)27-8-14(23)22-11-5-6-12(19)13(20)7-11/h5-7,21H,4,8H2,1-3H3,(H,22,23). The third-order valence-electron chi connectivity index (χ3n) is 3.66. The van der Waals surface area contributed by atoms with Crippen molar-refractivity contribution in [3.63, 3.8) is 0 Å². The van der Waals surface area contributed by atoms with Crippen LogP contribution < -0.4 is 5.32 Å². The van der Waals surface area contributed by atoms with Gasteiger partial charge in [0.05, 0.1) is 12.2 Å². The molecule has 0 spiro atoms. The minimum atomic E-state index is -1.12. The SMILES string of the molecule is CCOC(=O)c1[nH]c(C)c(C(=O)OCC(=O)Nc2ccc(F)c(F)c2)c1C. The number of carbonyl (C=O) groups is 3. The summed E-state index contributed by atoms with van der Waals surface area (Å²) < 4.78 is 35.8. The average molecular weight is 380 g/mol. The van der Waals surface area contributed by atoms with Crippen LogP contribution in [0.1, 0.15) is 39.0 Å². The molecule has 1 aromatic heterocycles. The minimum absolute atomic E-state index is 0.0218. The van der Waals surface area contributed by atoms with E-state index in [1.54, 1.807) is 20.8 Å². The topological polar surface area (TPSA) is 97.5 Å². The Morgan fingerprint density at radius 1 is 1.07 bits per heavy atom. The van der Waals surface area contributed by atoms with Crippen LogP contribution in [0.25, 0.3) is 0 Å². The first-order chi connectivity index (χ1) is 12.7. The maximum absolute atomic E-state index is 13.1. The van der Waals surface area contributed by atoms with Crippen molar-refractivity contribution in [3.8, 4) is 0 Å². The quantitative estimate of drug-likeness (QED) is 0.751. The number of aromatic nitrogens is 1. The fourth-order valence-electron chi connectivity index (χ4n) is 2.44. The molecule has 1 aromatic carbocycles. The second-order valence-electron chi connectivity index (χ2n) is 5.60. The third-order valence-corrected chi connectivity index (χ3v) is 3.66. The monoisotopic (exact) mass is 380 g/mol. The predicted molar refractivity (Wildman–Crippen MR) is 91.5 cm³/mol. The van der Waals surface area contributed by atoms with Crippen LogP contribution in [0.2, 0.25) is 0 Å². The van der Waals surface area contributed by atoms with Gasteiger partial charge < -0.3 is 19.8 Å². The van der Waals surface area contributed by atoms with Crippen LogP contribution in [0.3, 0.4) is 0 Å². The molecule has 0 aliphatic heterocycles. The Labute approximate surface area is 153 Å². The summed E-state index contributed by atoms with van der Waals surface area (Å²) in [5.41, 5.74) is 1.01. The zero-order chi connectivity index (χ0) is 20.1.